The Morgan fingerprint density at radius 3 is 1.90 bits per heavy atom. The van der Waals surface area contributed by atoms with Gasteiger partial charge in [-0.15, -0.1) is 22.7 Å². The summed E-state index contributed by atoms with van der Waals surface area (Å²) in [5.74, 6) is 0.167. The first kappa shape index (κ1) is 27.9. The van der Waals surface area contributed by atoms with Crippen molar-refractivity contribution < 1.29 is 14.3 Å². The normalized spacial score (nSPS) is 10.3. The number of carbonyl (C=O) groups excluding carboxylic acids is 1. The van der Waals surface area contributed by atoms with Gasteiger partial charge in [0.25, 0.3) is 0 Å². The number of Topliss-reactive ketones (excluding diaryl/α,β-unsaturated/α-hetero) is 1. The zero-order valence-electron chi connectivity index (χ0n) is 22.0. The van der Waals surface area contributed by atoms with Crippen LogP contribution in [0.3, 0.4) is 0 Å². The molecule has 0 spiro atoms. The van der Waals surface area contributed by atoms with Crippen molar-refractivity contribution in [3.8, 4) is 32.1 Å². The molecule has 0 saturated carbocycles. The minimum atomic E-state index is 0.167. The average Bonchev–Trinajstić information content (AvgIpc) is 3.51. The molecule has 6 heteroatoms. The molecule has 3 aromatic heterocycles. The monoisotopic (exact) mass is 553 g/mol. The summed E-state index contributed by atoms with van der Waals surface area (Å²) >= 11 is 3.71. The topological polar surface area (TPSA) is 39.2 Å². The first-order chi connectivity index (χ1) is 19.0. The van der Waals surface area contributed by atoms with E-state index in [1.54, 1.807) is 0 Å². The molecule has 0 unspecified atom stereocenters. The number of ketones is 1. The lowest BCUT2D eigenvalue weighted by molar-refractivity contribution is -0.114. The molecular weight excluding hydrogens is 526 g/mol. The number of hydrogen-bond donors (Lipinski definition) is 0. The van der Waals surface area contributed by atoms with Gasteiger partial charge in [-0.3, -0.25) is 4.98 Å². The van der Waals surface area contributed by atoms with Crippen LogP contribution in [0.5, 0.6) is 0 Å². The Hall–Kier alpha value is -4.13. The summed E-state index contributed by atoms with van der Waals surface area (Å²) in [5, 5.41) is 2.64. The van der Waals surface area contributed by atoms with Crippen molar-refractivity contribution in [3.63, 3.8) is 0 Å². The van der Waals surface area contributed by atoms with Crippen molar-refractivity contribution in [2.75, 3.05) is 0 Å². The molecule has 0 saturated heterocycles. The lowest BCUT2D eigenvalue weighted by Crippen LogP contribution is -1.87. The van der Waals surface area contributed by atoms with E-state index in [2.05, 4.69) is 103 Å². The molecule has 196 valence electrons. The fourth-order valence-electron chi connectivity index (χ4n) is 4.32. The summed E-state index contributed by atoms with van der Waals surface area (Å²) in [7, 11) is 0. The van der Waals surface area contributed by atoms with Crippen LogP contribution in [0.4, 0.5) is 4.53 Å². The maximum absolute atomic E-state index is 10.1. The minimum absolute atomic E-state index is 0.167. The fraction of sp³-hybridized carbons (Fsp3) is 0.0909. The van der Waals surface area contributed by atoms with E-state index in [9.17, 15) is 9.32 Å². The summed E-state index contributed by atoms with van der Waals surface area (Å²) in [6, 6.07) is 32.4. The summed E-state index contributed by atoms with van der Waals surface area (Å²) in [4.78, 5) is 19.5. The summed E-state index contributed by atoms with van der Waals surface area (Å²) in [6.07, 6.45) is 2.59. The van der Waals surface area contributed by atoms with Crippen LogP contribution in [0.15, 0.2) is 110 Å². The third-order valence-electron chi connectivity index (χ3n) is 5.84. The van der Waals surface area contributed by atoms with E-state index in [-0.39, 0.29) is 5.78 Å². The van der Waals surface area contributed by atoms with Gasteiger partial charge in [0.2, 0.25) is 0 Å². The van der Waals surface area contributed by atoms with E-state index in [1.807, 2.05) is 34.9 Å². The number of hydrogen-bond acceptors (Lipinski definition) is 5. The number of nitrogens with zero attached hydrogens (tertiary/aromatic N) is 1. The SMILES string of the molecule is C=COF.CC(C)=O.Cc1c(-c2ccccc2-c2c(-c3ccccn3)sc3ccccc23)sc2ccccc12. The van der Waals surface area contributed by atoms with Crippen LogP contribution in [-0.2, 0) is 9.74 Å². The molecule has 0 N–H and O–H groups in total. The molecule has 0 fully saturated rings. The van der Waals surface area contributed by atoms with Crippen LogP contribution in [0.25, 0.3) is 52.3 Å². The smallest absolute Gasteiger partial charge is 0.128 e. The Labute approximate surface area is 235 Å². The zero-order chi connectivity index (χ0) is 27.8. The third-order valence-corrected chi connectivity index (χ3v) is 8.34. The van der Waals surface area contributed by atoms with Gasteiger partial charge in [0.15, 0.2) is 0 Å². The maximum atomic E-state index is 10.1. The van der Waals surface area contributed by atoms with E-state index in [4.69, 9.17) is 4.98 Å². The molecule has 0 bridgehead atoms. The molecule has 0 aliphatic carbocycles. The number of fused-ring (bicyclic) bond motifs is 2. The molecule has 0 amide bonds. The number of aryl methyl sites for hydroxylation is 1. The van der Waals surface area contributed by atoms with Crippen molar-refractivity contribution in [1.29, 1.82) is 0 Å². The Kier molecular flexibility index (Phi) is 9.36. The Morgan fingerprint density at radius 2 is 1.31 bits per heavy atom. The van der Waals surface area contributed by atoms with Crippen LogP contribution in [0.2, 0.25) is 0 Å². The highest BCUT2D eigenvalue weighted by atomic mass is 32.1. The highest BCUT2D eigenvalue weighted by molar-refractivity contribution is 7.23. The number of aromatic nitrogens is 1. The molecule has 0 radical (unpaired) electrons. The number of rotatable bonds is 4. The molecule has 0 aliphatic heterocycles. The standard InChI is InChI=1S/C28H19NS2.C3H6O.C2H3FO/c1-18-19-10-4-6-15-24(19)30-27(18)21-12-3-2-11-20(21)26-22-13-5-7-16-25(22)31-28(26)23-14-8-9-17-29-23;1-3(2)4;1-2-4-3/h2-17H,1H3;1-2H3;2H,1H2. The van der Waals surface area contributed by atoms with Gasteiger partial charge >= 0.3 is 0 Å². The molecule has 3 aromatic carbocycles. The van der Waals surface area contributed by atoms with Crippen molar-refractivity contribution in [2.45, 2.75) is 20.8 Å². The first-order valence-electron chi connectivity index (χ1n) is 12.3. The molecule has 3 heterocycles. The summed E-state index contributed by atoms with van der Waals surface area (Å²) < 4.78 is 12.7. The van der Waals surface area contributed by atoms with Crippen molar-refractivity contribution in [2.24, 2.45) is 0 Å². The third kappa shape index (κ3) is 6.30. The van der Waals surface area contributed by atoms with Crippen molar-refractivity contribution in [3.05, 3.63) is 116 Å². The number of pyridine rings is 1. The molecule has 39 heavy (non-hydrogen) atoms. The highest BCUT2D eigenvalue weighted by Gasteiger charge is 2.21. The van der Waals surface area contributed by atoms with E-state index < -0.39 is 0 Å². The molecule has 0 aliphatic rings. The van der Waals surface area contributed by atoms with E-state index >= 15 is 0 Å². The quantitative estimate of drug-likeness (QED) is 0.204. The van der Waals surface area contributed by atoms with Gasteiger partial charge in [-0.05, 0) is 67.1 Å². The first-order valence-corrected chi connectivity index (χ1v) is 14.0. The van der Waals surface area contributed by atoms with Gasteiger partial charge < -0.3 is 9.74 Å². The van der Waals surface area contributed by atoms with Crippen LogP contribution in [0.1, 0.15) is 19.4 Å². The minimum Gasteiger partial charge on any atom is -0.303 e. The number of thiophene rings is 2. The highest BCUT2D eigenvalue weighted by Crippen LogP contribution is 2.49. The van der Waals surface area contributed by atoms with Crippen LogP contribution in [0, 0.1) is 6.92 Å². The molecule has 6 rings (SSSR count). The summed E-state index contributed by atoms with van der Waals surface area (Å²) in [5.41, 5.74) is 6.23. The van der Waals surface area contributed by atoms with Crippen molar-refractivity contribution in [1.82, 2.24) is 4.98 Å². The molecule has 0 atom stereocenters. The second-order valence-corrected chi connectivity index (χ2v) is 10.9. The van der Waals surface area contributed by atoms with Gasteiger partial charge in [-0.1, -0.05) is 73.3 Å². The van der Waals surface area contributed by atoms with Gasteiger partial charge in [-0.25, -0.2) is 0 Å². The van der Waals surface area contributed by atoms with Crippen molar-refractivity contribution >= 4 is 48.6 Å². The van der Waals surface area contributed by atoms with E-state index in [0.29, 0.717) is 6.26 Å². The van der Waals surface area contributed by atoms with Gasteiger partial charge in [0.1, 0.15) is 12.0 Å². The van der Waals surface area contributed by atoms with Gasteiger partial charge in [0.05, 0.1) is 10.6 Å². The molecule has 3 nitrogen and oxygen atoms in total. The molecule has 6 aromatic rings. The lowest BCUT2D eigenvalue weighted by Gasteiger charge is -2.11. The molecular formula is C33H28FNO2S2. The van der Waals surface area contributed by atoms with E-state index in [0.717, 1.165) is 5.69 Å². The summed E-state index contributed by atoms with van der Waals surface area (Å²) in [6.45, 7) is 8.18. The van der Waals surface area contributed by atoms with Crippen LogP contribution in [-0.4, -0.2) is 10.8 Å². The van der Waals surface area contributed by atoms with Crippen LogP contribution < -0.4 is 0 Å². The Morgan fingerprint density at radius 1 is 0.795 bits per heavy atom. The second kappa shape index (κ2) is 13.1. The van der Waals surface area contributed by atoms with E-state index in [1.165, 1.54) is 66.0 Å². The largest absolute Gasteiger partial charge is 0.303 e. The predicted molar refractivity (Wildman–Crippen MR) is 165 cm³/mol. The average molecular weight is 554 g/mol. The number of halogens is 1. The van der Waals surface area contributed by atoms with Gasteiger partial charge in [0, 0.05) is 35.9 Å². The zero-order valence-corrected chi connectivity index (χ0v) is 23.6. The number of carbonyl (C=O) groups is 1. The van der Waals surface area contributed by atoms with Gasteiger partial charge in [-0.2, -0.15) is 0 Å². The second-order valence-electron chi connectivity index (χ2n) is 8.78. The van der Waals surface area contributed by atoms with Crippen LogP contribution >= 0.6 is 22.7 Å². The lowest BCUT2D eigenvalue weighted by atomic mass is 9.94. The number of benzene rings is 3. The Balaban J connectivity index is 0.000000392. The Bertz CT molecular complexity index is 1720. The predicted octanol–water partition coefficient (Wildman–Crippen LogP) is 10.4. The maximum Gasteiger partial charge on any atom is 0.128 e. The fourth-order valence-corrected chi connectivity index (χ4v) is 6.76.